The Morgan fingerprint density at radius 1 is 1.04 bits per heavy atom. The van der Waals surface area contributed by atoms with E-state index >= 15 is 0 Å². The van der Waals surface area contributed by atoms with Crippen LogP contribution in [0, 0.1) is 0 Å². The van der Waals surface area contributed by atoms with Gasteiger partial charge in [0.25, 0.3) is 0 Å². The molecule has 0 heterocycles. The third-order valence-corrected chi connectivity index (χ3v) is 4.53. The quantitative estimate of drug-likeness (QED) is 0.865. The zero-order valence-corrected chi connectivity index (χ0v) is 14.5. The number of nitrogens with one attached hydrogen (secondary N) is 1. The highest BCUT2D eigenvalue weighted by molar-refractivity contribution is 7.90. The van der Waals surface area contributed by atoms with Crippen molar-refractivity contribution in [3.05, 3.63) is 48.0 Å². The normalized spacial score (nSPS) is 11.0. The zero-order chi connectivity index (χ0) is 17.7. The highest BCUT2D eigenvalue weighted by Gasteiger charge is 2.11. The fraction of sp³-hybridized carbons (Fsp3) is 0.235. The van der Waals surface area contributed by atoms with Crippen LogP contribution in [0.4, 0.5) is 5.69 Å². The molecule has 0 atom stereocenters. The average Bonchev–Trinajstić information content (AvgIpc) is 2.54. The first kappa shape index (κ1) is 17.8. The lowest BCUT2D eigenvalue weighted by molar-refractivity contribution is -0.115. The average molecular weight is 349 g/mol. The second-order valence-corrected chi connectivity index (χ2v) is 7.22. The van der Waals surface area contributed by atoms with Gasteiger partial charge in [-0.1, -0.05) is 12.1 Å². The summed E-state index contributed by atoms with van der Waals surface area (Å²) in [5, 5.41) is 2.77. The Balaban J connectivity index is 2.11. The number of hydrogen-bond acceptors (Lipinski definition) is 5. The molecular formula is C17H19NO5S. The van der Waals surface area contributed by atoms with Crippen molar-refractivity contribution in [3.8, 4) is 11.5 Å². The predicted octanol–water partition coefficient (Wildman–Crippen LogP) is 2.29. The van der Waals surface area contributed by atoms with Gasteiger partial charge in [-0.15, -0.1) is 0 Å². The van der Waals surface area contributed by atoms with Crippen LogP contribution in [-0.2, 0) is 21.1 Å². The van der Waals surface area contributed by atoms with Gasteiger partial charge in [0, 0.05) is 12.3 Å². The fourth-order valence-corrected chi connectivity index (χ4v) is 2.78. The van der Waals surface area contributed by atoms with Gasteiger partial charge >= 0.3 is 0 Å². The van der Waals surface area contributed by atoms with Gasteiger partial charge in [-0.3, -0.25) is 4.79 Å². The number of benzene rings is 2. The van der Waals surface area contributed by atoms with Crippen molar-refractivity contribution < 1.29 is 22.7 Å². The summed E-state index contributed by atoms with van der Waals surface area (Å²) >= 11 is 0. The molecule has 1 amide bonds. The monoisotopic (exact) mass is 349 g/mol. The molecule has 6 nitrogen and oxygen atoms in total. The van der Waals surface area contributed by atoms with Crippen molar-refractivity contribution in [3.63, 3.8) is 0 Å². The largest absolute Gasteiger partial charge is 0.497 e. The topological polar surface area (TPSA) is 81.7 Å². The third-order valence-electron chi connectivity index (χ3n) is 3.40. The first-order valence-electron chi connectivity index (χ1n) is 7.14. The van der Waals surface area contributed by atoms with E-state index in [0.717, 1.165) is 6.26 Å². The van der Waals surface area contributed by atoms with E-state index < -0.39 is 9.84 Å². The van der Waals surface area contributed by atoms with Crippen LogP contribution in [0.3, 0.4) is 0 Å². The number of carbonyl (C=O) groups excluding carboxylic acids is 1. The standard InChI is InChI=1S/C17H19NO5S/c1-22-13-6-9-16(23-2)15(11-13)18-17(19)10-12-4-7-14(8-5-12)24(3,20)21/h4-9,11H,10H2,1-3H3,(H,18,19). The summed E-state index contributed by atoms with van der Waals surface area (Å²) in [5.41, 5.74) is 1.22. The fourth-order valence-electron chi connectivity index (χ4n) is 2.15. The summed E-state index contributed by atoms with van der Waals surface area (Å²) in [4.78, 5) is 12.4. The first-order chi connectivity index (χ1) is 11.3. The van der Waals surface area contributed by atoms with Gasteiger partial charge in [-0.25, -0.2) is 8.42 Å². The minimum atomic E-state index is -3.24. The van der Waals surface area contributed by atoms with Crippen LogP contribution in [0.5, 0.6) is 11.5 Å². The van der Waals surface area contributed by atoms with E-state index in [9.17, 15) is 13.2 Å². The molecule has 0 aromatic heterocycles. The van der Waals surface area contributed by atoms with Crippen LogP contribution in [0.15, 0.2) is 47.4 Å². The SMILES string of the molecule is COc1ccc(OC)c(NC(=O)Cc2ccc(S(C)(=O)=O)cc2)c1. The molecule has 128 valence electrons. The number of carbonyl (C=O) groups is 1. The molecular weight excluding hydrogens is 330 g/mol. The van der Waals surface area contributed by atoms with E-state index in [4.69, 9.17) is 9.47 Å². The number of rotatable bonds is 6. The van der Waals surface area contributed by atoms with E-state index in [1.54, 1.807) is 30.3 Å². The Kier molecular flexibility index (Phi) is 5.46. The molecule has 24 heavy (non-hydrogen) atoms. The van der Waals surface area contributed by atoms with Crippen molar-refractivity contribution in [2.24, 2.45) is 0 Å². The summed E-state index contributed by atoms with van der Waals surface area (Å²) in [5.74, 6) is 0.883. The molecule has 0 saturated heterocycles. The maximum absolute atomic E-state index is 12.2. The second-order valence-electron chi connectivity index (χ2n) is 5.21. The van der Waals surface area contributed by atoms with Crippen LogP contribution in [0.1, 0.15) is 5.56 Å². The Morgan fingerprint density at radius 3 is 2.25 bits per heavy atom. The lowest BCUT2D eigenvalue weighted by Crippen LogP contribution is -2.15. The predicted molar refractivity (Wildman–Crippen MR) is 91.4 cm³/mol. The van der Waals surface area contributed by atoms with E-state index in [2.05, 4.69) is 5.32 Å². The Bertz CT molecular complexity index is 829. The number of sulfone groups is 1. The van der Waals surface area contributed by atoms with E-state index in [1.807, 2.05) is 0 Å². The highest BCUT2D eigenvalue weighted by Crippen LogP contribution is 2.29. The van der Waals surface area contributed by atoms with Crippen molar-refractivity contribution >= 4 is 21.4 Å². The van der Waals surface area contributed by atoms with Gasteiger partial charge in [0.2, 0.25) is 5.91 Å². The molecule has 0 bridgehead atoms. The molecule has 0 aliphatic rings. The van der Waals surface area contributed by atoms with E-state index in [1.165, 1.54) is 26.4 Å². The van der Waals surface area contributed by atoms with Gasteiger partial charge in [-0.2, -0.15) is 0 Å². The number of methoxy groups -OCH3 is 2. The van der Waals surface area contributed by atoms with Crippen molar-refractivity contribution in [2.45, 2.75) is 11.3 Å². The zero-order valence-electron chi connectivity index (χ0n) is 13.7. The van der Waals surface area contributed by atoms with E-state index in [0.29, 0.717) is 22.7 Å². The van der Waals surface area contributed by atoms with Gasteiger partial charge in [0.1, 0.15) is 11.5 Å². The molecule has 0 aliphatic heterocycles. The molecule has 0 spiro atoms. The van der Waals surface area contributed by atoms with Crippen LogP contribution in [-0.4, -0.2) is 34.8 Å². The first-order valence-corrected chi connectivity index (χ1v) is 9.03. The molecule has 2 aromatic carbocycles. The molecule has 1 N–H and O–H groups in total. The Hall–Kier alpha value is -2.54. The number of anilines is 1. The summed E-state index contributed by atoms with van der Waals surface area (Å²) in [6.45, 7) is 0. The van der Waals surface area contributed by atoms with Crippen molar-refractivity contribution in [1.29, 1.82) is 0 Å². The molecule has 0 radical (unpaired) electrons. The Morgan fingerprint density at radius 2 is 1.71 bits per heavy atom. The molecule has 0 saturated carbocycles. The molecule has 7 heteroatoms. The van der Waals surface area contributed by atoms with Crippen LogP contribution in [0.2, 0.25) is 0 Å². The summed E-state index contributed by atoms with van der Waals surface area (Å²) < 4.78 is 33.2. The minimum Gasteiger partial charge on any atom is -0.497 e. The van der Waals surface area contributed by atoms with Crippen LogP contribution < -0.4 is 14.8 Å². The van der Waals surface area contributed by atoms with Crippen molar-refractivity contribution in [2.75, 3.05) is 25.8 Å². The van der Waals surface area contributed by atoms with E-state index in [-0.39, 0.29) is 17.2 Å². The minimum absolute atomic E-state index is 0.115. The third kappa shape index (κ3) is 4.48. The van der Waals surface area contributed by atoms with Gasteiger partial charge < -0.3 is 14.8 Å². The molecule has 0 fully saturated rings. The maximum atomic E-state index is 12.2. The summed E-state index contributed by atoms with van der Waals surface area (Å²) in [6.07, 6.45) is 1.26. The molecule has 2 aromatic rings. The second kappa shape index (κ2) is 7.35. The van der Waals surface area contributed by atoms with Gasteiger partial charge in [0.05, 0.1) is 31.2 Å². The lowest BCUT2D eigenvalue weighted by atomic mass is 10.1. The van der Waals surface area contributed by atoms with Crippen molar-refractivity contribution in [1.82, 2.24) is 0 Å². The maximum Gasteiger partial charge on any atom is 0.228 e. The molecule has 0 unspecified atom stereocenters. The molecule has 2 rings (SSSR count). The van der Waals surface area contributed by atoms with Crippen LogP contribution >= 0.6 is 0 Å². The number of amides is 1. The number of hydrogen-bond donors (Lipinski definition) is 1. The number of ether oxygens (including phenoxy) is 2. The highest BCUT2D eigenvalue weighted by atomic mass is 32.2. The summed E-state index contributed by atoms with van der Waals surface area (Å²) in [7, 11) is -0.191. The smallest absolute Gasteiger partial charge is 0.228 e. The van der Waals surface area contributed by atoms with Crippen LogP contribution in [0.25, 0.3) is 0 Å². The van der Waals surface area contributed by atoms with Gasteiger partial charge in [-0.05, 0) is 29.8 Å². The lowest BCUT2D eigenvalue weighted by Gasteiger charge is -2.12. The Labute approximate surface area is 141 Å². The van der Waals surface area contributed by atoms with Gasteiger partial charge in [0.15, 0.2) is 9.84 Å². The summed E-state index contributed by atoms with van der Waals surface area (Å²) in [6, 6.07) is 11.3. The molecule has 0 aliphatic carbocycles.